The summed E-state index contributed by atoms with van der Waals surface area (Å²) < 4.78 is 5.77. The van der Waals surface area contributed by atoms with Crippen LogP contribution in [0.2, 0.25) is 0 Å². The van der Waals surface area contributed by atoms with E-state index in [1.165, 1.54) is 51.4 Å². The monoisotopic (exact) mass is 256 g/mol. The van der Waals surface area contributed by atoms with Gasteiger partial charge in [0.1, 0.15) is 0 Å². The van der Waals surface area contributed by atoms with E-state index in [0.717, 1.165) is 38.7 Å². The Morgan fingerprint density at radius 3 is 2.06 bits per heavy atom. The van der Waals surface area contributed by atoms with E-state index in [9.17, 15) is 5.11 Å². The highest BCUT2D eigenvalue weighted by Gasteiger charge is 2.27. The van der Waals surface area contributed by atoms with E-state index >= 15 is 0 Å². The highest BCUT2D eigenvalue weighted by molar-refractivity contribution is 4.70. The van der Waals surface area contributed by atoms with Crippen molar-refractivity contribution in [3.05, 3.63) is 0 Å². The van der Waals surface area contributed by atoms with Crippen LogP contribution in [0.5, 0.6) is 0 Å². The van der Waals surface area contributed by atoms with Crippen LogP contribution >= 0.6 is 0 Å². The summed E-state index contributed by atoms with van der Waals surface area (Å²) in [5, 5.41) is 10.4. The highest BCUT2D eigenvalue weighted by atomic mass is 16.6. The molecule has 0 aliphatic heterocycles. The summed E-state index contributed by atoms with van der Waals surface area (Å²) in [4.78, 5) is 0. The number of rotatable bonds is 8. The zero-order chi connectivity index (χ0) is 13.1. The van der Waals surface area contributed by atoms with E-state index in [1.807, 2.05) is 0 Å². The van der Waals surface area contributed by atoms with Crippen LogP contribution in [-0.2, 0) is 4.74 Å². The van der Waals surface area contributed by atoms with Gasteiger partial charge >= 0.3 is 0 Å². The van der Waals surface area contributed by atoms with Crippen molar-refractivity contribution in [2.75, 3.05) is 6.61 Å². The molecule has 108 valence electrons. The molecule has 0 unspecified atom stereocenters. The minimum absolute atomic E-state index is 0.739. The lowest BCUT2D eigenvalue weighted by Crippen LogP contribution is -2.33. The molecule has 0 saturated heterocycles. The van der Waals surface area contributed by atoms with Gasteiger partial charge in [0.05, 0.1) is 6.61 Å². The predicted octanol–water partition coefficient (Wildman–Crippen LogP) is 4.80. The summed E-state index contributed by atoms with van der Waals surface area (Å²) in [6, 6.07) is 0. The number of aliphatic hydroxyl groups is 1. The molecule has 0 spiro atoms. The van der Waals surface area contributed by atoms with Crippen LogP contribution < -0.4 is 0 Å². The second-order valence-corrected chi connectivity index (χ2v) is 5.83. The van der Waals surface area contributed by atoms with Crippen molar-refractivity contribution in [1.29, 1.82) is 0 Å². The van der Waals surface area contributed by atoms with Crippen molar-refractivity contribution < 1.29 is 9.84 Å². The molecule has 0 aromatic carbocycles. The maximum absolute atomic E-state index is 10.4. The van der Waals surface area contributed by atoms with Gasteiger partial charge in [-0.1, -0.05) is 58.3 Å². The largest absolute Gasteiger partial charge is 0.365 e. The fourth-order valence-corrected chi connectivity index (χ4v) is 2.75. The first-order valence-electron chi connectivity index (χ1n) is 8.13. The second kappa shape index (κ2) is 9.80. The average molecular weight is 256 g/mol. The van der Waals surface area contributed by atoms with Crippen LogP contribution in [0, 0.1) is 0 Å². The van der Waals surface area contributed by atoms with E-state index in [1.54, 1.807) is 0 Å². The molecular weight excluding hydrogens is 224 g/mol. The average Bonchev–Trinajstić information content (AvgIpc) is 2.34. The zero-order valence-corrected chi connectivity index (χ0v) is 12.3. The summed E-state index contributed by atoms with van der Waals surface area (Å²) in [6.07, 6.45) is 15.4. The molecule has 1 fully saturated rings. The van der Waals surface area contributed by atoms with Crippen LogP contribution in [0.1, 0.15) is 90.4 Å². The third-order valence-electron chi connectivity index (χ3n) is 4.00. The lowest BCUT2D eigenvalue weighted by atomic mass is 9.96. The fourth-order valence-electron chi connectivity index (χ4n) is 2.75. The molecule has 0 heterocycles. The van der Waals surface area contributed by atoms with Crippen LogP contribution in [0.25, 0.3) is 0 Å². The van der Waals surface area contributed by atoms with Gasteiger partial charge in [-0.05, 0) is 19.3 Å². The number of hydrogen-bond donors (Lipinski definition) is 1. The highest BCUT2D eigenvalue weighted by Crippen LogP contribution is 2.27. The molecular formula is C16H32O2. The van der Waals surface area contributed by atoms with Crippen LogP contribution in [0.3, 0.4) is 0 Å². The van der Waals surface area contributed by atoms with Gasteiger partial charge in [-0.15, -0.1) is 0 Å². The van der Waals surface area contributed by atoms with Crippen molar-refractivity contribution in [2.24, 2.45) is 0 Å². The molecule has 0 aromatic heterocycles. The molecule has 1 rings (SSSR count). The summed E-state index contributed by atoms with van der Waals surface area (Å²) in [7, 11) is 0. The summed E-state index contributed by atoms with van der Waals surface area (Å²) in [5.41, 5.74) is 0. The van der Waals surface area contributed by atoms with E-state index in [2.05, 4.69) is 6.92 Å². The van der Waals surface area contributed by atoms with Gasteiger partial charge in [-0.3, -0.25) is 0 Å². The summed E-state index contributed by atoms with van der Waals surface area (Å²) in [5.74, 6) is -0.802. The standard InChI is InChI=1S/C16H32O2/c1-2-3-4-5-9-12-15-18-16(17)13-10-7-6-8-11-14-16/h17H,2-15H2,1H3. The molecule has 1 aliphatic rings. The smallest absolute Gasteiger partial charge is 0.165 e. The Bertz CT molecular complexity index is 184. The van der Waals surface area contributed by atoms with Crippen LogP contribution in [0.4, 0.5) is 0 Å². The second-order valence-electron chi connectivity index (χ2n) is 5.83. The third-order valence-corrected chi connectivity index (χ3v) is 4.00. The Labute approximate surface area is 113 Å². The van der Waals surface area contributed by atoms with Crippen LogP contribution in [0.15, 0.2) is 0 Å². The van der Waals surface area contributed by atoms with Crippen molar-refractivity contribution in [2.45, 2.75) is 96.2 Å². The van der Waals surface area contributed by atoms with Gasteiger partial charge in [0.25, 0.3) is 0 Å². The van der Waals surface area contributed by atoms with Gasteiger partial charge < -0.3 is 9.84 Å². The van der Waals surface area contributed by atoms with E-state index in [0.29, 0.717) is 0 Å². The van der Waals surface area contributed by atoms with Crippen LogP contribution in [-0.4, -0.2) is 17.5 Å². The number of unbranched alkanes of at least 4 members (excludes halogenated alkanes) is 5. The quantitative estimate of drug-likeness (QED) is 0.499. The summed E-state index contributed by atoms with van der Waals surface area (Å²) in [6.45, 7) is 2.98. The van der Waals surface area contributed by atoms with Crippen molar-refractivity contribution >= 4 is 0 Å². The van der Waals surface area contributed by atoms with Crippen molar-refractivity contribution in [1.82, 2.24) is 0 Å². The SMILES string of the molecule is CCCCCCCCOC1(O)CCCCCCC1. The van der Waals surface area contributed by atoms with Crippen molar-refractivity contribution in [3.63, 3.8) is 0 Å². The first-order valence-corrected chi connectivity index (χ1v) is 8.13. The first kappa shape index (κ1) is 16.0. The molecule has 0 amide bonds. The molecule has 0 radical (unpaired) electrons. The Morgan fingerprint density at radius 1 is 0.833 bits per heavy atom. The molecule has 0 bridgehead atoms. The van der Waals surface area contributed by atoms with E-state index in [-0.39, 0.29) is 0 Å². The van der Waals surface area contributed by atoms with Gasteiger partial charge in [0.15, 0.2) is 5.79 Å². The first-order chi connectivity index (χ1) is 8.77. The molecule has 2 heteroatoms. The fraction of sp³-hybridized carbons (Fsp3) is 1.00. The Morgan fingerprint density at radius 2 is 1.39 bits per heavy atom. The maximum Gasteiger partial charge on any atom is 0.165 e. The number of ether oxygens (including phenoxy) is 1. The maximum atomic E-state index is 10.4. The molecule has 1 saturated carbocycles. The minimum Gasteiger partial charge on any atom is -0.365 e. The normalized spacial score (nSPS) is 20.3. The van der Waals surface area contributed by atoms with Crippen molar-refractivity contribution in [3.8, 4) is 0 Å². The molecule has 18 heavy (non-hydrogen) atoms. The lowest BCUT2D eigenvalue weighted by molar-refractivity contribution is -0.215. The van der Waals surface area contributed by atoms with E-state index < -0.39 is 5.79 Å². The molecule has 1 aliphatic carbocycles. The molecule has 1 N–H and O–H groups in total. The molecule has 0 atom stereocenters. The Kier molecular flexibility index (Phi) is 8.70. The predicted molar refractivity (Wildman–Crippen MR) is 76.6 cm³/mol. The lowest BCUT2D eigenvalue weighted by Gasteiger charge is -2.30. The summed E-state index contributed by atoms with van der Waals surface area (Å²) >= 11 is 0. The molecule has 2 nitrogen and oxygen atoms in total. The number of hydrogen-bond acceptors (Lipinski definition) is 2. The molecule has 0 aromatic rings. The zero-order valence-electron chi connectivity index (χ0n) is 12.3. The third kappa shape index (κ3) is 7.38. The minimum atomic E-state index is -0.802. The topological polar surface area (TPSA) is 29.5 Å². The van der Waals surface area contributed by atoms with Gasteiger partial charge in [-0.2, -0.15) is 0 Å². The van der Waals surface area contributed by atoms with Gasteiger partial charge in [-0.25, -0.2) is 0 Å². The Balaban J connectivity index is 2.04. The van der Waals surface area contributed by atoms with Gasteiger partial charge in [0.2, 0.25) is 0 Å². The van der Waals surface area contributed by atoms with Gasteiger partial charge in [0, 0.05) is 12.8 Å². The van der Waals surface area contributed by atoms with E-state index in [4.69, 9.17) is 4.74 Å². The Hall–Kier alpha value is -0.0800.